The molecule has 7 nitrogen and oxygen atoms in total. The molecule has 0 unspecified atom stereocenters. The molecule has 36 heavy (non-hydrogen) atoms. The largest absolute Gasteiger partial charge is 0.507 e. The topological polar surface area (TPSA) is 96.3 Å². The third kappa shape index (κ3) is 4.97. The fraction of sp³-hybridized carbons (Fsp3) is 0.179. The first kappa shape index (κ1) is 23.6. The monoisotopic (exact) mass is 500 g/mol. The summed E-state index contributed by atoms with van der Waals surface area (Å²) in [6, 6.07) is 22.8. The third-order valence-electron chi connectivity index (χ3n) is 6.39. The van der Waals surface area contributed by atoms with Gasteiger partial charge in [-0.2, -0.15) is 9.78 Å². The van der Waals surface area contributed by atoms with Gasteiger partial charge in [0, 0.05) is 29.8 Å². The highest BCUT2D eigenvalue weighted by Crippen LogP contribution is 2.39. The van der Waals surface area contributed by atoms with E-state index >= 15 is 0 Å². The number of nitrogens with zero attached hydrogens (tertiary/aromatic N) is 2. The minimum Gasteiger partial charge on any atom is -0.507 e. The molecule has 4 aromatic rings. The number of phenolic OH excluding ortho intramolecular Hbond substituents is 1. The first-order valence-corrected chi connectivity index (χ1v) is 12.2. The van der Waals surface area contributed by atoms with Crippen molar-refractivity contribution in [2.75, 3.05) is 5.32 Å². The van der Waals surface area contributed by atoms with E-state index in [1.165, 1.54) is 10.7 Å². The number of anilines is 1. The molecule has 0 atom stereocenters. The first-order chi connectivity index (χ1) is 17.5. The number of hydrogen-bond acceptors (Lipinski definition) is 4. The van der Waals surface area contributed by atoms with Crippen LogP contribution in [-0.4, -0.2) is 26.8 Å². The molecule has 5 rings (SSSR count). The number of rotatable bonds is 6. The minimum absolute atomic E-state index is 0.0542. The van der Waals surface area contributed by atoms with Crippen molar-refractivity contribution in [3.63, 3.8) is 0 Å². The molecule has 0 bridgehead atoms. The molecule has 1 fully saturated rings. The molecule has 1 aliphatic carbocycles. The summed E-state index contributed by atoms with van der Waals surface area (Å²) in [6.45, 7) is 0.393. The Morgan fingerprint density at radius 3 is 2.44 bits per heavy atom. The lowest BCUT2D eigenvalue weighted by molar-refractivity contribution is 0.102. The highest BCUT2D eigenvalue weighted by molar-refractivity contribution is 6.34. The summed E-state index contributed by atoms with van der Waals surface area (Å²) in [4.78, 5) is 25.6. The summed E-state index contributed by atoms with van der Waals surface area (Å²) in [6.07, 6.45) is 3.11. The average Bonchev–Trinajstić information content (AvgIpc) is 3.26. The first-order valence-electron chi connectivity index (χ1n) is 11.8. The normalized spacial score (nSPS) is 13.1. The Kier molecular flexibility index (Phi) is 6.73. The van der Waals surface area contributed by atoms with Gasteiger partial charge in [-0.25, -0.2) is 4.79 Å². The van der Waals surface area contributed by atoms with E-state index in [4.69, 9.17) is 11.6 Å². The number of benzene rings is 3. The van der Waals surface area contributed by atoms with Crippen molar-refractivity contribution in [3.05, 3.63) is 101 Å². The van der Waals surface area contributed by atoms with Gasteiger partial charge in [0.25, 0.3) is 5.91 Å². The van der Waals surface area contributed by atoms with E-state index in [1.54, 1.807) is 36.4 Å². The molecule has 1 saturated carbocycles. The van der Waals surface area contributed by atoms with Crippen LogP contribution >= 0.6 is 11.6 Å². The van der Waals surface area contributed by atoms with Gasteiger partial charge in [-0.15, -0.1) is 0 Å². The Hall–Kier alpha value is -4.10. The van der Waals surface area contributed by atoms with Crippen LogP contribution in [0.15, 0.2) is 78.9 Å². The van der Waals surface area contributed by atoms with Crippen molar-refractivity contribution in [1.82, 2.24) is 15.1 Å². The van der Waals surface area contributed by atoms with Gasteiger partial charge in [0.05, 0.1) is 22.0 Å². The molecular formula is C28H25ClN4O3. The quantitative estimate of drug-likeness (QED) is 0.294. The zero-order chi connectivity index (χ0) is 25.1. The third-order valence-corrected chi connectivity index (χ3v) is 6.72. The van der Waals surface area contributed by atoms with Gasteiger partial charge >= 0.3 is 6.03 Å². The van der Waals surface area contributed by atoms with Crippen LogP contribution in [0.25, 0.3) is 11.3 Å². The van der Waals surface area contributed by atoms with Gasteiger partial charge in [0.2, 0.25) is 0 Å². The smallest absolute Gasteiger partial charge is 0.342 e. The Labute approximate surface area is 213 Å². The highest BCUT2D eigenvalue weighted by Gasteiger charge is 2.27. The van der Waals surface area contributed by atoms with Gasteiger partial charge in [0.15, 0.2) is 0 Å². The fourth-order valence-corrected chi connectivity index (χ4v) is 4.42. The molecule has 0 aliphatic heterocycles. The molecule has 3 N–H and O–H groups in total. The van der Waals surface area contributed by atoms with Crippen LogP contribution in [0.4, 0.5) is 10.5 Å². The summed E-state index contributed by atoms with van der Waals surface area (Å²) < 4.78 is 1.41. The van der Waals surface area contributed by atoms with Gasteiger partial charge in [0.1, 0.15) is 5.75 Å². The maximum absolute atomic E-state index is 13.0. The SMILES string of the molecule is O=C(Nc1ccc(-c2cc(C3CCC3)n(C(=O)NCc3ccccc3)n2)c(O)c1)c1ccccc1Cl. The van der Waals surface area contributed by atoms with Crippen molar-refractivity contribution < 1.29 is 14.7 Å². The number of aromatic hydroxyl groups is 1. The van der Waals surface area contributed by atoms with Crippen molar-refractivity contribution in [1.29, 1.82) is 0 Å². The summed E-state index contributed by atoms with van der Waals surface area (Å²) in [5, 5.41) is 21.3. The second kappa shape index (κ2) is 10.3. The zero-order valence-electron chi connectivity index (χ0n) is 19.4. The molecule has 0 spiro atoms. The van der Waals surface area contributed by atoms with E-state index in [1.807, 2.05) is 36.4 Å². The number of hydrogen-bond donors (Lipinski definition) is 3. The summed E-state index contributed by atoms with van der Waals surface area (Å²) in [7, 11) is 0. The lowest BCUT2D eigenvalue weighted by Crippen LogP contribution is -2.31. The lowest BCUT2D eigenvalue weighted by Gasteiger charge is -2.25. The molecule has 0 radical (unpaired) electrons. The molecule has 1 heterocycles. The number of carbonyl (C=O) groups excluding carboxylic acids is 2. The maximum Gasteiger partial charge on any atom is 0.342 e. The second-order valence-electron chi connectivity index (χ2n) is 8.80. The number of halogens is 1. The van der Waals surface area contributed by atoms with Crippen LogP contribution in [0.1, 0.15) is 46.8 Å². The molecule has 2 amide bonds. The molecule has 8 heteroatoms. The fourth-order valence-electron chi connectivity index (χ4n) is 4.20. The summed E-state index contributed by atoms with van der Waals surface area (Å²) in [5.41, 5.74) is 3.55. The predicted molar refractivity (Wildman–Crippen MR) is 139 cm³/mol. The maximum atomic E-state index is 13.0. The molecule has 3 aromatic carbocycles. The van der Waals surface area contributed by atoms with Crippen molar-refractivity contribution >= 4 is 29.2 Å². The van der Waals surface area contributed by atoms with Crippen LogP contribution < -0.4 is 10.6 Å². The van der Waals surface area contributed by atoms with E-state index in [9.17, 15) is 14.7 Å². The summed E-state index contributed by atoms with van der Waals surface area (Å²) in [5.74, 6) is -0.175. The molecule has 1 aromatic heterocycles. The van der Waals surface area contributed by atoms with Crippen molar-refractivity contribution in [2.45, 2.75) is 31.7 Å². The van der Waals surface area contributed by atoms with Crippen molar-refractivity contribution in [2.24, 2.45) is 0 Å². The minimum atomic E-state index is -0.376. The number of aromatic nitrogens is 2. The van der Waals surface area contributed by atoms with E-state index in [2.05, 4.69) is 15.7 Å². The van der Waals surface area contributed by atoms with Crippen molar-refractivity contribution in [3.8, 4) is 17.0 Å². The van der Waals surface area contributed by atoms with E-state index < -0.39 is 0 Å². The van der Waals surface area contributed by atoms with E-state index in [-0.39, 0.29) is 23.6 Å². The molecule has 182 valence electrons. The van der Waals surface area contributed by atoms with Crippen LogP contribution in [0.2, 0.25) is 5.02 Å². The molecule has 0 saturated heterocycles. The number of amides is 2. The van der Waals surface area contributed by atoms with Gasteiger partial charge < -0.3 is 15.7 Å². The average molecular weight is 501 g/mol. The Bertz CT molecular complexity index is 1410. The van der Waals surface area contributed by atoms with E-state index in [0.717, 1.165) is 30.5 Å². The Morgan fingerprint density at radius 2 is 1.75 bits per heavy atom. The predicted octanol–water partition coefficient (Wildman–Crippen LogP) is 6.19. The highest BCUT2D eigenvalue weighted by atomic mass is 35.5. The van der Waals surface area contributed by atoms with Crippen LogP contribution in [0, 0.1) is 0 Å². The molecular weight excluding hydrogens is 476 g/mol. The number of phenols is 1. The van der Waals surface area contributed by atoms with Gasteiger partial charge in [-0.3, -0.25) is 4.79 Å². The van der Waals surface area contributed by atoms with Gasteiger partial charge in [-0.05, 0) is 48.7 Å². The lowest BCUT2D eigenvalue weighted by atomic mass is 9.82. The van der Waals surface area contributed by atoms with Crippen LogP contribution in [0.5, 0.6) is 5.75 Å². The van der Waals surface area contributed by atoms with Crippen LogP contribution in [0.3, 0.4) is 0 Å². The second-order valence-corrected chi connectivity index (χ2v) is 9.21. The number of nitrogens with one attached hydrogen (secondary N) is 2. The van der Waals surface area contributed by atoms with Gasteiger partial charge in [-0.1, -0.05) is 60.5 Å². The van der Waals surface area contributed by atoms with E-state index in [0.29, 0.717) is 34.1 Å². The Morgan fingerprint density at radius 1 is 1.00 bits per heavy atom. The number of carbonyl (C=O) groups is 2. The van der Waals surface area contributed by atoms with Crippen LogP contribution in [-0.2, 0) is 6.54 Å². The standard InChI is InChI=1S/C28H25ClN4O3/c29-23-12-5-4-11-21(23)27(35)31-20-13-14-22(26(34)15-20)24-16-25(19-9-6-10-19)33(32-24)28(36)30-17-18-7-2-1-3-8-18/h1-5,7-8,11-16,19,34H,6,9-10,17H2,(H,30,36)(H,31,35). The zero-order valence-corrected chi connectivity index (χ0v) is 20.2. The Balaban J connectivity index is 1.37. The summed E-state index contributed by atoms with van der Waals surface area (Å²) >= 11 is 6.11. The molecule has 1 aliphatic rings.